The summed E-state index contributed by atoms with van der Waals surface area (Å²) in [5.41, 5.74) is 0. The Morgan fingerprint density at radius 3 is 2.69 bits per heavy atom. The summed E-state index contributed by atoms with van der Waals surface area (Å²) >= 11 is 0. The van der Waals surface area contributed by atoms with Crippen LogP contribution in [-0.2, 0) is 9.53 Å². The Kier molecular flexibility index (Phi) is 3.33. The minimum absolute atomic E-state index is 0.0510. The highest BCUT2D eigenvalue weighted by molar-refractivity contribution is 5.75. The van der Waals surface area contributed by atoms with Crippen LogP contribution in [0.5, 0.6) is 0 Å². The molecule has 16 heavy (non-hydrogen) atoms. The summed E-state index contributed by atoms with van der Waals surface area (Å²) in [5.74, 6) is 1.10. The van der Waals surface area contributed by atoms with Gasteiger partial charge >= 0.3 is 5.97 Å². The molecule has 1 aliphatic carbocycles. The summed E-state index contributed by atoms with van der Waals surface area (Å²) < 4.78 is 4.93. The monoisotopic (exact) mass is 223 g/mol. The average Bonchev–Trinajstić information content (AvgIpc) is 2.86. The van der Waals surface area contributed by atoms with E-state index in [0.29, 0.717) is 17.9 Å². The number of carbonyl (C=O) groups excluding carboxylic acids is 1. The molecule has 0 unspecified atom stereocenters. The molecular weight excluding hydrogens is 202 g/mol. The van der Waals surface area contributed by atoms with Crippen LogP contribution in [0.1, 0.15) is 26.7 Å². The topological polar surface area (TPSA) is 29.5 Å². The molecule has 0 saturated carbocycles. The van der Waals surface area contributed by atoms with Crippen LogP contribution in [0.15, 0.2) is 12.2 Å². The SMILES string of the molecule is COC(=O)[C@H](CC(C)C)N1C[C@@H]2C=C[C@H]1C2. The van der Waals surface area contributed by atoms with Crippen LogP contribution in [0.4, 0.5) is 0 Å². The van der Waals surface area contributed by atoms with Gasteiger partial charge in [-0.2, -0.15) is 0 Å². The van der Waals surface area contributed by atoms with E-state index in [2.05, 4.69) is 30.9 Å². The molecule has 2 bridgehead atoms. The summed E-state index contributed by atoms with van der Waals surface area (Å²) in [7, 11) is 1.49. The zero-order valence-electron chi connectivity index (χ0n) is 10.3. The minimum Gasteiger partial charge on any atom is -0.468 e. The number of hydrogen-bond donors (Lipinski definition) is 0. The van der Waals surface area contributed by atoms with Crippen molar-refractivity contribution in [1.82, 2.24) is 4.90 Å². The predicted octanol–water partition coefficient (Wildman–Crippen LogP) is 1.83. The van der Waals surface area contributed by atoms with Gasteiger partial charge in [-0.15, -0.1) is 0 Å². The van der Waals surface area contributed by atoms with Crippen molar-refractivity contribution in [3.63, 3.8) is 0 Å². The first-order valence-corrected chi connectivity index (χ1v) is 6.13. The quantitative estimate of drug-likeness (QED) is 0.538. The molecule has 3 heteroatoms. The number of fused-ring (bicyclic) bond motifs is 2. The van der Waals surface area contributed by atoms with Crippen LogP contribution in [-0.4, -0.2) is 36.6 Å². The third-order valence-electron chi connectivity index (χ3n) is 3.59. The van der Waals surface area contributed by atoms with E-state index in [4.69, 9.17) is 4.74 Å². The van der Waals surface area contributed by atoms with Crippen LogP contribution >= 0.6 is 0 Å². The molecule has 90 valence electrons. The highest BCUT2D eigenvalue weighted by Crippen LogP contribution is 2.34. The Labute approximate surface area is 97.5 Å². The molecule has 2 aliphatic rings. The second kappa shape index (κ2) is 4.58. The molecule has 0 amide bonds. The molecule has 3 atom stereocenters. The van der Waals surface area contributed by atoms with Crippen molar-refractivity contribution >= 4 is 5.97 Å². The minimum atomic E-state index is -0.0744. The lowest BCUT2D eigenvalue weighted by molar-refractivity contribution is -0.147. The van der Waals surface area contributed by atoms with E-state index in [1.54, 1.807) is 0 Å². The maximum atomic E-state index is 11.8. The molecule has 0 spiro atoms. The largest absolute Gasteiger partial charge is 0.468 e. The molecule has 0 radical (unpaired) electrons. The number of likely N-dealkylation sites (tertiary alicyclic amines) is 1. The first-order chi connectivity index (χ1) is 7.61. The number of carbonyl (C=O) groups is 1. The van der Waals surface area contributed by atoms with E-state index in [-0.39, 0.29) is 12.0 Å². The maximum absolute atomic E-state index is 11.8. The molecule has 0 aromatic carbocycles. The van der Waals surface area contributed by atoms with Gasteiger partial charge in [0.25, 0.3) is 0 Å². The fourth-order valence-corrected chi connectivity index (χ4v) is 2.85. The Hall–Kier alpha value is -0.830. The molecule has 3 nitrogen and oxygen atoms in total. The summed E-state index contributed by atoms with van der Waals surface area (Å²) in [6.45, 7) is 5.33. The third kappa shape index (κ3) is 2.14. The Morgan fingerprint density at radius 2 is 2.25 bits per heavy atom. The first kappa shape index (κ1) is 11.6. The van der Waals surface area contributed by atoms with Crippen molar-refractivity contribution in [2.75, 3.05) is 13.7 Å². The van der Waals surface area contributed by atoms with Gasteiger partial charge in [-0.3, -0.25) is 9.69 Å². The molecule has 1 saturated heterocycles. The van der Waals surface area contributed by atoms with E-state index < -0.39 is 0 Å². The van der Waals surface area contributed by atoms with Gasteiger partial charge in [0.05, 0.1) is 7.11 Å². The van der Waals surface area contributed by atoms with Crippen LogP contribution in [0.3, 0.4) is 0 Å². The third-order valence-corrected chi connectivity index (χ3v) is 3.59. The number of rotatable bonds is 4. The predicted molar refractivity (Wildman–Crippen MR) is 63.0 cm³/mol. The Bertz CT molecular complexity index is 298. The van der Waals surface area contributed by atoms with Gasteiger partial charge in [-0.05, 0) is 24.7 Å². The average molecular weight is 223 g/mol. The fourth-order valence-electron chi connectivity index (χ4n) is 2.85. The summed E-state index contributed by atoms with van der Waals surface area (Å²) in [5, 5.41) is 0. The van der Waals surface area contributed by atoms with Gasteiger partial charge in [0.15, 0.2) is 0 Å². The summed E-state index contributed by atoms with van der Waals surface area (Å²) in [6, 6.07) is 0.415. The van der Waals surface area contributed by atoms with Crippen LogP contribution in [0.25, 0.3) is 0 Å². The Morgan fingerprint density at radius 1 is 1.50 bits per heavy atom. The lowest BCUT2D eigenvalue weighted by atomic mass is 10.0. The van der Waals surface area contributed by atoms with Gasteiger partial charge in [0.2, 0.25) is 0 Å². The zero-order valence-corrected chi connectivity index (χ0v) is 10.3. The number of hydrogen-bond acceptors (Lipinski definition) is 3. The molecule has 1 heterocycles. The smallest absolute Gasteiger partial charge is 0.323 e. The van der Waals surface area contributed by atoms with Crippen LogP contribution in [0.2, 0.25) is 0 Å². The highest BCUT2D eigenvalue weighted by Gasteiger charge is 2.40. The van der Waals surface area contributed by atoms with Crippen molar-refractivity contribution in [3.8, 4) is 0 Å². The number of ether oxygens (including phenoxy) is 1. The van der Waals surface area contributed by atoms with Gasteiger partial charge in [0.1, 0.15) is 6.04 Å². The summed E-state index contributed by atoms with van der Waals surface area (Å²) in [4.78, 5) is 14.1. The standard InChI is InChI=1S/C13H21NO2/c1-9(2)6-12(13(15)16-3)14-8-10-4-5-11(14)7-10/h4-5,9-12H,6-8H2,1-3H3/t10-,11+,12+/m1/s1. The van der Waals surface area contributed by atoms with Crippen LogP contribution in [0, 0.1) is 11.8 Å². The normalized spacial score (nSPS) is 30.0. The van der Waals surface area contributed by atoms with Gasteiger partial charge < -0.3 is 4.74 Å². The number of methoxy groups -OCH3 is 1. The second-order valence-corrected chi connectivity index (χ2v) is 5.31. The number of esters is 1. The van der Waals surface area contributed by atoms with Gasteiger partial charge in [-0.25, -0.2) is 0 Å². The van der Waals surface area contributed by atoms with E-state index in [0.717, 1.165) is 13.0 Å². The molecular formula is C13H21NO2. The van der Waals surface area contributed by atoms with E-state index in [1.165, 1.54) is 13.5 Å². The van der Waals surface area contributed by atoms with E-state index >= 15 is 0 Å². The van der Waals surface area contributed by atoms with E-state index in [1.807, 2.05) is 0 Å². The summed E-state index contributed by atoms with van der Waals surface area (Å²) in [6.07, 6.45) is 6.60. The first-order valence-electron chi connectivity index (χ1n) is 6.13. The van der Waals surface area contributed by atoms with Crippen molar-refractivity contribution < 1.29 is 9.53 Å². The lowest BCUT2D eigenvalue weighted by Crippen LogP contribution is -2.45. The van der Waals surface area contributed by atoms with Crippen molar-refractivity contribution in [2.45, 2.75) is 38.8 Å². The van der Waals surface area contributed by atoms with Crippen molar-refractivity contribution in [1.29, 1.82) is 0 Å². The molecule has 1 aliphatic heterocycles. The molecule has 0 aromatic heterocycles. The molecule has 0 N–H and O–H groups in total. The van der Waals surface area contributed by atoms with Crippen LogP contribution < -0.4 is 0 Å². The van der Waals surface area contributed by atoms with E-state index in [9.17, 15) is 4.79 Å². The van der Waals surface area contributed by atoms with Crippen molar-refractivity contribution in [2.24, 2.45) is 11.8 Å². The van der Waals surface area contributed by atoms with Crippen molar-refractivity contribution in [3.05, 3.63) is 12.2 Å². The molecule has 2 rings (SSSR count). The molecule has 0 aromatic rings. The fraction of sp³-hybridized carbons (Fsp3) is 0.769. The highest BCUT2D eigenvalue weighted by atomic mass is 16.5. The molecule has 1 fully saturated rings. The lowest BCUT2D eigenvalue weighted by Gasteiger charge is -2.31. The maximum Gasteiger partial charge on any atom is 0.323 e. The second-order valence-electron chi connectivity index (χ2n) is 5.31. The van der Waals surface area contributed by atoms with Gasteiger partial charge in [0, 0.05) is 12.6 Å². The van der Waals surface area contributed by atoms with Gasteiger partial charge in [-0.1, -0.05) is 26.0 Å². The Balaban J connectivity index is 2.07. The number of nitrogens with zero attached hydrogens (tertiary/aromatic N) is 1. The zero-order chi connectivity index (χ0) is 11.7.